The van der Waals surface area contributed by atoms with Crippen LogP contribution in [0, 0.1) is 9.65 Å². The molecule has 0 radical (unpaired) electrons. The van der Waals surface area contributed by atoms with Gasteiger partial charge in [-0.25, -0.2) is 4.98 Å². The first kappa shape index (κ1) is 7.40. The number of halogens is 3. The van der Waals surface area contributed by atoms with E-state index in [1.54, 1.807) is 6.07 Å². The Balaban J connectivity index is 3.17. The third kappa shape index (κ3) is 1.86. The summed E-state index contributed by atoms with van der Waals surface area (Å²) >= 11 is 5.14. The standard InChI is InChI=1S/C5H2BrFIN/c6-3-1-2-4(7)9-5(3)8/h1-2H. The molecular weight excluding hydrogens is 300 g/mol. The van der Waals surface area contributed by atoms with E-state index in [0.717, 1.165) is 4.47 Å². The van der Waals surface area contributed by atoms with Crippen molar-refractivity contribution in [3.63, 3.8) is 0 Å². The van der Waals surface area contributed by atoms with Crippen LogP contribution in [0.2, 0.25) is 0 Å². The van der Waals surface area contributed by atoms with Crippen LogP contribution in [0.5, 0.6) is 0 Å². The molecule has 0 saturated carbocycles. The normalized spacial score (nSPS) is 9.67. The van der Waals surface area contributed by atoms with E-state index < -0.39 is 5.95 Å². The fourth-order valence-corrected chi connectivity index (χ4v) is 1.03. The van der Waals surface area contributed by atoms with Crippen molar-refractivity contribution in [2.24, 2.45) is 0 Å². The zero-order chi connectivity index (χ0) is 6.85. The minimum atomic E-state index is -0.442. The van der Waals surface area contributed by atoms with Crippen LogP contribution >= 0.6 is 38.5 Å². The van der Waals surface area contributed by atoms with Crippen molar-refractivity contribution in [3.8, 4) is 0 Å². The molecule has 1 aromatic rings. The molecule has 0 aliphatic rings. The lowest BCUT2D eigenvalue weighted by Crippen LogP contribution is -1.85. The van der Waals surface area contributed by atoms with E-state index in [2.05, 4.69) is 20.9 Å². The Labute approximate surface area is 73.9 Å². The van der Waals surface area contributed by atoms with Crippen molar-refractivity contribution < 1.29 is 4.39 Å². The minimum absolute atomic E-state index is 0.442. The van der Waals surface area contributed by atoms with E-state index in [1.807, 2.05) is 22.6 Å². The van der Waals surface area contributed by atoms with Crippen LogP contribution in [-0.2, 0) is 0 Å². The average Bonchev–Trinajstić information content (AvgIpc) is 1.80. The van der Waals surface area contributed by atoms with E-state index in [-0.39, 0.29) is 0 Å². The monoisotopic (exact) mass is 301 g/mol. The lowest BCUT2D eigenvalue weighted by Gasteiger charge is -1.91. The molecule has 0 aliphatic carbocycles. The SMILES string of the molecule is Fc1ccc(Br)c(I)n1. The smallest absolute Gasteiger partial charge is 0.212 e. The summed E-state index contributed by atoms with van der Waals surface area (Å²) in [5.74, 6) is -0.442. The molecule has 0 N–H and O–H groups in total. The van der Waals surface area contributed by atoms with Crippen LogP contribution in [0.4, 0.5) is 4.39 Å². The Kier molecular flexibility index (Phi) is 2.40. The second kappa shape index (κ2) is 2.92. The summed E-state index contributed by atoms with van der Waals surface area (Å²) in [4.78, 5) is 3.55. The Morgan fingerprint density at radius 1 is 1.56 bits per heavy atom. The maximum absolute atomic E-state index is 12.2. The number of nitrogens with zero attached hydrogens (tertiary/aromatic N) is 1. The van der Waals surface area contributed by atoms with Gasteiger partial charge in [-0.3, -0.25) is 0 Å². The lowest BCUT2D eigenvalue weighted by molar-refractivity contribution is 0.580. The number of hydrogen-bond acceptors (Lipinski definition) is 1. The number of hydrogen-bond donors (Lipinski definition) is 0. The van der Waals surface area contributed by atoms with Crippen LogP contribution in [0.1, 0.15) is 0 Å². The fraction of sp³-hybridized carbons (Fsp3) is 0. The molecule has 1 heterocycles. The van der Waals surface area contributed by atoms with Crippen molar-refractivity contribution in [2.75, 3.05) is 0 Å². The van der Waals surface area contributed by atoms with Crippen molar-refractivity contribution in [2.45, 2.75) is 0 Å². The zero-order valence-electron chi connectivity index (χ0n) is 4.24. The highest BCUT2D eigenvalue weighted by Gasteiger charge is 1.96. The molecule has 9 heavy (non-hydrogen) atoms. The molecule has 0 fully saturated rings. The van der Waals surface area contributed by atoms with Gasteiger partial charge in [-0.2, -0.15) is 4.39 Å². The van der Waals surface area contributed by atoms with Crippen LogP contribution in [0.25, 0.3) is 0 Å². The molecule has 1 rings (SSSR count). The summed E-state index contributed by atoms with van der Waals surface area (Å²) in [5.41, 5.74) is 0. The molecular formula is C5H2BrFIN. The first-order valence-corrected chi connectivity index (χ1v) is 4.05. The Morgan fingerprint density at radius 3 is 2.67 bits per heavy atom. The van der Waals surface area contributed by atoms with Crippen molar-refractivity contribution in [3.05, 3.63) is 26.3 Å². The highest BCUT2D eigenvalue weighted by molar-refractivity contribution is 14.1. The number of rotatable bonds is 0. The summed E-state index contributed by atoms with van der Waals surface area (Å²) in [6.45, 7) is 0. The van der Waals surface area contributed by atoms with Crippen molar-refractivity contribution in [1.82, 2.24) is 4.98 Å². The molecule has 0 saturated heterocycles. The maximum atomic E-state index is 12.2. The molecule has 0 amide bonds. The topological polar surface area (TPSA) is 12.9 Å². The Hall–Kier alpha value is 0.290. The predicted octanol–water partition coefficient (Wildman–Crippen LogP) is 2.59. The van der Waals surface area contributed by atoms with E-state index in [1.165, 1.54) is 6.07 Å². The van der Waals surface area contributed by atoms with Gasteiger partial charge in [-0.05, 0) is 50.7 Å². The molecule has 48 valence electrons. The summed E-state index contributed by atoms with van der Waals surface area (Å²) in [6.07, 6.45) is 0. The average molecular weight is 302 g/mol. The molecule has 0 aliphatic heterocycles. The largest absolute Gasteiger partial charge is 0.213 e. The van der Waals surface area contributed by atoms with Gasteiger partial charge in [0.25, 0.3) is 0 Å². The van der Waals surface area contributed by atoms with E-state index in [9.17, 15) is 4.39 Å². The van der Waals surface area contributed by atoms with Gasteiger partial charge in [0.05, 0.1) is 0 Å². The third-order valence-corrected chi connectivity index (χ3v) is 2.97. The van der Waals surface area contributed by atoms with Crippen molar-refractivity contribution in [1.29, 1.82) is 0 Å². The van der Waals surface area contributed by atoms with Gasteiger partial charge < -0.3 is 0 Å². The first-order chi connectivity index (χ1) is 4.20. The van der Waals surface area contributed by atoms with Crippen LogP contribution in [0.3, 0.4) is 0 Å². The summed E-state index contributed by atoms with van der Waals surface area (Å²) in [7, 11) is 0. The summed E-state index contributed by atoms with van der Waals surface area (Å²) in [6, 6.07) is 2.94. The second-order valence-corrected chi connectivity index (χ2v) is 3.28. The van der Waals surface area contributed by atoms with Gasteiger partial charge >= 0.3 is 0 Å². The molecule has 0 spiro atoms. The molecule has 4 heteroatoms. The van der Waals surface area contributed by atoms with Gasteiger partial charge in [-0.1, -0.05) is 0 Å². The molecule has 0 aromatic carbocycles. The van der Waals surface area contributed by atoms with E-state index >= 15 is 0 Å². The first-order valence-electron chi connectivity index (χ1n) is 2.17. The Bertz CT molecular complexity index is 228. The van der Waals surface area contributed by atoms with Crippen LogP contribution < -0.4 is 0 Å². The number of pyridine rings is 1. The van der Waals surface area contributed by atoms with Gasteiger partial charge in [-0.15, -0.1) is 0 Å². The molecule has 1 aromatic heterocycles. The quantitative estimate of drug-likeness (QED) is 0.530. The maximum Gasteiger partial charge on any atom is 0.213 e. The summed E-state index contributed by atoms with van der Waals surface area (Å²) in [5, 5.41) is 0. The van der Waals surface area contributed by atoms with Gasteiger partial charge in [0.2, 0.25) is 5.95 Å². The molecule has 1 nitrogen and oxygen atoms in total. The molecule has 0 atom stereocenters. The zero-order valence-corrected chi connectivity index (χ0v) is 7.98. The third-order valence-electron chi connectivity index (χ3n) is 0.769. The van der Waals surface area contributed by atoms with Crippen LogP contribution in [-0.4, -0.2) is 4.98 Å². The van der Waals surface area contributed by atoms with E-state index in [0.29, 0.717) is 3.70 Å². The van der Waals surface area contributed by atoms with E-state index in [4.69, 9.17) is 0 Å². The highest BCUT2D eigenvalue weighted by Crippen LogP contribution is 2.15. The number of aromatic nitrogens is 1. The van der Waals surface area contributed by atoms with Crippen LogP contribution in [0.15, 0.2) is 16.6 Å². The fourth-order valence-electron chi connectivity index (χ4n) is 0.395. The minimum Gasteiger partial charge on any atom is -0.212 e. The lowest BCUT2D eigenvalue weighted by atomic mass is 10.5. The predicted molar refractivity (Wildman–Crippen MR) is 44.6 cm³/mol. The molecule has 0 bridgehead atoms. The molecule has 0 unspecified atom stereocenters. The van der Waals surface area contributed by atoms with Gasteiger partial charge in [0, 0.05) is 4.47 Å². The van der Waals surface area contributed by atoms with Gasteiger partial charge in [0.1, 0.15) is 3.70 Å². The summed E-state index contributed by atoms with van der Waals surface area (Å²) < 4.78 is 13.7. The Morgan fingerprint density at radius 2 is 2.22 bits per heavy atom. The second-order valence-electron chi connectivity index (χ2n) is 1.41. The van der Waals surface area contributed by atoms with Gasteiger partial charge in [0.15, 0.2) is 0 Å². The van der Waals surface area contributed by atoms with Crippen molar-refractivity contribution >= 4 is 38.5 Å². The highest BCUT2D eigenvalue weighted by atomic mass is 127.